The zero-order chi connectivity index (χ0) is 21.8. The summed E-state index contributed by atoms with van der Waals surface area (Å²) in [7, 11) is 0. The van der Waals surface area contributed by atoms with Gasteiger partial charge < -0.3 is 25.5 Å². The van der Waals surface area contributed by atoms with Crippen LogP contribution in [0.2, 0.25) is 0 Å². The third kappa shape index (κ3) is 9.71. The maximum Gasteiger partial charge on any atom is 0.269 e. The lowest BCUT2D eigenvalue weighted by molar-refractivity contribution is -0.129. The van der Waals surface area contributed by atoms with Crippen molar-refractivity contribution in [1.29, 1.82) is 0 Å². The number of amides is 3. The van der Waals surface area contributed by atoms with Gasteiger partial charge >= 0.3 is 0 Å². The first-order valence-electron chi connectivity index (χ1n) is 10.1. The normalized spacial score (nSPS) is 17.4. The van der Waals surface area contributed by atoms with Gasteiger partial charge in [0.05, 0.1) is 19.8 Å². The summed E-state index contributed by atoms with van der Waals surface area (Å²) in [4.78, 5) is 43.9. The van der Waals surface area contributed by atoms with Gasteiger partial charge in [-0.15, -0.1) is 0 Å². The topological polar surface area (TPSA) is 121 Å². The summed E-state index contributed by atoms with van der Waals surface area (Å²) in [6, 6.07) is -0.784. The van der Waals surface area contributed by atoms with Crippen LogP contribution in [0.3, 0.4) is 0 Å². The number of rotatable bonds is 11. The number of nitrogens with zero attached hydrogens (tertiary/aromatic N) is 2. The number of nitrogens with one attached hydrogen (secondary N) is 3. The fraction of sp³-hybridized carbons (Fsp3) is 0.789. The van der Waals surface area contributed by atoms with Gasteiger partial charge in [-0.05, 0) is 26.7 Å². The molecule has 1 rings (SSSR count). The second-order valence-corrected chi connectivity index (χ2v) is 7.37. The number of oxime groups is 1. The molecule has 0 aromatic rings. The molecule has 1 saturated heterocycles. The third-order valence-electron chi connectivity index (χ3n) is 4.35. The van der Waals surface area contributed by atoms with Gasteiger partial charge in [0.25, 0.3) is 5.91 Å². The van der Waals surface area contributed by atoms with Crippen LogP contribution in [-0.2, 0) is 24.0 Å². The molecule has 29 heavy (non-hydrogen) atoms. The van der Waals surface area contributed by atoms with Crippen LogP contribution in [0.25, 0.3) is 0 Å². The van der Waals surface area contributed by atoms with Gasteiger partial charge in [0.1, 0.15) is 17.9 Å². The number of carbonyl (C=O) groups excluding carboxylic acids is 3. The molecule has 166 valence electrons. The molecule has 1 aliphatic rings. The summed E-state index contributed by atoms with van der Waals surface area (Å²) in [6.45, 7) is 13.0. The molecule has 10 nitrogen and oxygen atoms in total. The number of morpholine rings is 1. The Morgan fingerprint density at radius 1 is 1.14 bits per heavy atom. The summed E-state index contributed by atoms with van der Waals surface area (Å²) >= 11 is 0. The average molecular weight is 414 g/mol. The second-order valence-electron chi connectivity index (χ2n) is 7.37. The number of ether oxygens (including phenoxy) is 1. The molecule has 0 bridgehead atoms. The molecule has 0 spiro atoms. The summed E-state index contributed by atoms with van der Waals surface area (Å²) in [5, 5.41) is 11.7. The van der Waals surface area contributed by atoms with Gasteiger partial charge in [0.2, 0.25) is 11.8 Å². The highest BCUT2D eigenvalue weighted by molar-refractivity contribution is 6.38. The van der Waals surface area contributed by atoms with E-state index < -0.39 is 17.9 Å². The zero-order valence-corrected chi connectivity index (χ0v) is 18.1. The molecule has 2 unspecified atom stereocenters. The van der Waals surface area contributed by atoms with E-state index >= 15 is 0 Å². The molecule has 0 saturated carbocycles. The SMILES string of the molecule is CCNC(=O)CNC(=O)C(NC(=O)/C(C)=N/OC(C)CN1CCOCC1)C(C)C. The number of hydrogen-bond donors (Lipinski definition) is 3. The highest BCUT2D eigenvalue weighted by atomic mass is 16.6. The van der Waals surface area contributed by atoms with Crippen LogP contribution >= 0.6 is 0 Å². The van der Waals surface area contributed by atoms with E-state index in [0.29, 0.717) is 26.3 Å². The molecule has 2 atom stereocenters. The van der Waals surface area contributed by atoms with Gasteiger partial charge in [-0.3, -0.25) is 19.3 Å². The van der Waals surface area contributed by atoms with E-state index in [4.69, 9.17) is 9.57 Å². The Labute approximate surface area is 172 Å². The minimum atomic E-state index is -0.784. The van der Waals surface area contributed by atoms with E-state index in [0.717, 1.165) is 13.1 Å². The van der Waals surface area contributed by atoms with Crippen LogP contribution in [0, 0.1) is 5.92 Å². The van der Waals surface area contributed by atoms with Gasteiger partial charge in [0, 0.05) is 26.2 Å². The van der Waals surface area contributed by atoms with Crippen molar-refractivity contribution in [2.45, 2.75) is 46.8 Å². The van der Waals surface area contributed by atoms with Crippen molar-refractivity contribution in [2.24, 2.45) is 11.1 Å². The largest absolute Gasteiger partial charge is 0.391 e. The number of hydrogen-bond acceptors (Lipinski definition) is 7. The molecule has 3 N–H and O–H groups in total. The van der Waals surface area contributed by atoms with E-state index in [9.17, 15) is 14.4 Å². The molecule has 0 radical (unpaired) electrons. The first kappa shape index (κ1) is 24.8. The third-order valence-corrected chi connectivity index (χ3v) is 4.35. The molecular weight excluding hydrogens is 378 g/mol. The fourth-order valence-electron chi connectivity index (χ4n) is 2.71. The summed E-state index contributed by atoms with van der Waals surface area (Å²) in [5.74, 6) is -1.36. The van der Waals surface area contributed by atoms with Crippen molar-refractivity contribution in [2.75, 3.05) is 45.9 Å². The van der Waals surface area contributed by atoms with Gasteiger partial charge in [0.15, 0.2) is 0 Å². The Kier molecular flexibility index (Phi) is 11.2. The van der Waals surface area contributed by atoms with Crippen LogP contribution in [0.1, 0.15) is 34.6 Å². The van der Waals surface area contributed by atoms with E-state index in [1.165, 1.54) is 6.92 Å². The molecule has 3 amide bonds. The summed E-state index contributed by atoms with van der Waals surface area (Å²) in [6.07, 6.45) is -0.183. The van der Waals surface area contributed by atoms with Gasteiger partial charge in [-0.25, -0.2) is 0 Å². The molecule has 0 aromatic heterocycles. The lowest BCUT2D eigenvalue weighted by Gasteiger charge is -2.28. The monoisotopic (exact) mass is 413 g/mol. The van der Waals surface area contributed by atoms with Gasteiger partial charge in [-0.2, -0.15) is 0 Å². The van der Waals surface area contributed by atoms with E-state index in [1.807, 2.05) is 20.8 Å². The van der Waals surface area contributed by atoms with Crippen molar-refractivity contribution in [3.05, 3.63) is 0 Å². The predicted molar refractivity (Wildman–Crippen MR) is 109 cm³/mol. The number of likely N-dealkylation sites (N-methyl/N-ethyl adjacent to an activating group) is 1. The highest BCUT2D eigenvalue weighted by Gasteiger charge is 2.25. The summed E-state index contributed by atoms with van der Waals surface area (Å²) < 4.78 is 5.31. The minimum Gasteiger partial charge on any atom is -0.391 e. The molecule has 1 heterocycles. The Morgan fingerprint density at radius 3 is 2.38 bits per heavy atom. The lowest BCUT2D eigenvalue weighted by atomic mass is 10.0. The molecule has 10 heteroatoms. The molecule has 1 aliphatic heterocycles. The minimum absolute atomic E-state index is 0.126. The quantitative estimate of drug-likeness (QED) is 0.310. The van der Waals surface area contributed by atoms with E-state index in [-0.39, 0.29) is 30.2 Å². The lowest BCUT2D eigenvalue weighted by Crippen LogP contribution is -2.52. The van der Waals surface area contributed by atoms with Crippen molar-refractivity contribution in [3.63, 3.8) is 0 Å². The average Bonchev–Trinajstić information content (AvgIpc) is 2.68. The first-order chi connectivity index (χ1) is 13.7. The standard InChI is InChI=1S/C19H35N5O5/c1-6-20-16(25)11-21-19(27)17(13(2)3)22-18(26)15(5)23-29-14(4)12-24-7-9-28-10-8-24/h13-14,17H,6-12H2,1-5H3,(H,20,25)(H,21,27)(H,22,26)/b23-15+. The van der Waals surface area contributed by atoms with Crippen LogP contribution < -0.4 is 16.0 Å². The predicted octanol–water partition coefficient (Wildman–Crippen LogP) is -0.507. The first-order valence-corrected chi connectivity index (χ1v) is 10.1. The maximum absolute atomic E-state index is 12.4. The van der Waals surface area contributed by atoms with Crippen LogP contribution in [-0.4, -0.2) is 86.4 Å². The molecule has 0 aliphatic carbocycles. The Hall–Kier alpha value is -2.20. The Morgan fingerprint density at radius 2 is 1.79 bits per heavy atom. The highest BCUT2D eigenvalue weighted by Crippen LogP contribution is 2.04. The molecule has 0 aromatic carbocycles. The fourth-order valence-corrected chi connectivity index (χ4v) is 2.71. The van der Waals surface area contributed by atoms with Crippen molar-refractivity contribution in [1.82, 2.24) is 20.9 Å². The van der Waals surface area contributed by atoms with Crippen molar-refractivity contribution >= 4 is 23.4 Å². The smallest absolute Gasteiger partial charge is 0.269 e. The summed E-state index contributed by atoms with van der Waals surface area (Å²) in [5.41, 5.74) is 0.126. The zero-order valence-electron chi connectivity index (χ0n) is 18.1. The van der Waals surface area contributed by atoms with Crippen LogP contribution in [0.15, 0.2) is 5.16 Å². The van der Waals surface area contributed by atoms with Crippen LogP contribution in [0.5, 0.6) is 0 Å². The van der Waals surface area contributed by atoms with Gasteiger partial charge in [-0.1, -0.05) is 19.0 Å². The van der Waals surface area contributed by atoms with E-state index in [1.54, 1.807) is 6.92 Å². The second kappa shape index (κ2) is 13.1. The maximum atomic E-state index is 12.4. The number of carbonyl (C=O) groups is 3. The van der Waals surface area contributed by atoms with Crippen LogP contribution in [0.4, 0.5) is 0 Å². The van der Waals surface area contributed by atoms with Crippen molar-refractivity contribution < 1.29 is 24.0 Å². The molecular formula is C19H35N5O5. The van der Waals surface area contributed by atoms with Crippen molar-refractivity contribution in [3.8, 4) is 0 Å². The van der Waals surface area contributed by atoms with E-state index in [2.05, 4.69) is 26.0 Å². The Bertz CT molecular complexity index is 575. The Balaban J connectivity index is 2.51. The molecule has 1 fully saturated rings.